The van der Waals surface area contributed by atoms with Crippen LogP contribution in [0.25, 0.3) is 0 Å². The minimum Gasteiger partial charge on any atom is -0.490 e. The standard InChI is InChI=1S/C14H18N2O5/c1-3-20-12-6-10(8-17)4-5-11(12)21-9-14(19)16-7-13(18)15-2/h4-6,8H,3,7,9H2,1-2H3,(H,15,18)(H,16,19). The number of carbonyl (C=O) groups excluding carboxylic acids is 3. The first-order valence-corrected chi connectivity index (χ1v) is 6.42. The fraction of sp³-hybridized carbons (Fsp3) is 0.357. The third kappa shape index (κ3) is 5.52. The first-order chi connectivity index (χ1) is 10.1. The van der Waals surface area contributed by atoms with Gasteiger partial charge in [-0.3, -0.25) is 14.4 Å². The van der Waals surface area contributed by atoms with Gasteiger partial charge in [0.2, 0.25) is 5.91 Å². The summed E-state index contributed by atoms with van der Waals surface area (Å²) in [5.74, 6) is 0.0212. The molecule has 0 aliphatic rings. The highest BCUT2D eigenvalue weighted by Crippen LogP contribution is 2.27. The Hall–Kier alpha value is -2.57. The lowest BCUT2D eigenvalue weighted by Crippen LogP contribution is -2.37. The number of nitrogens with one attached hydrogen (secondary N) is 2. The largest absolute Gasteiger partial charge is 0.490 e. The van der Waals surface area contributed by atoms with Crippen LogP contribution in [0.3, 0.4) is 0 Å². The van der Waals surface area contributed by atoms with Crippen molar-refractivity contribution in [3.05, 3.63) is 23.8 Å². The van der Waals surface area contributed by atoms with Gasteiger partial charge in [0.25, 0.3) is 5.91 Å². The molecule has 0 heterocycles. The average molecular weight is 294 g/mol. The normalized spacial score (nSPS) is 9.62. The third-order valence-electron chi connectivity index (χ3n) is 2.49. The molecule has 7 heteroatoms. The van der Waals surface area contributed by atoms with Crippen LogP contribution in [-0.4, -0.2) is 44.9 Å². The van der Waals surface area contributed by atoms with Crippen molar-refractivity contribution in [3.8, 4) is 11.5 Å². The number of rotatable bonds is 8. The highest BCUT2D eigenvalue weighted by Gasteiger charge is 2.09. The number of carbonyl (C=O) groups is 3. The molecule has 0 radical (unpaired) electrons. The first kappa shape index (κ1) is 16.5. The van der Waals surface area contributed by atoms with Gasteiger partial charge < -0.3 is 20.1 Å². The van der Waals surface area contributed by atoms with Crippen LogP contribution in [0.4, 0.5) is 0 Å². The average Bonchev–Trinajstić information content (AvgIpc) is 2.51. The molecule has 0 aromatic heterocycles. The predicted molar refractivity (Wildman–Crippen MR) is 75.6 cm³/mol. The van der Waals surface area contributed by atoms with Crippen molar-refractivity contribution in [2.75, 3.05) is 26.8 Å². The number of hydrogen-bond donors (Lipinski definition) is 2. The van der Waals surface area contributed by atoms with E-state index in [0.717, 1.165) is 0 Å². The van der Waals surface area contributed by atoms with E-state index in [1.54, 1.807) is 19.1 Å². The predicted octanol–water partition coefficient (Wildman–Crippen LogP) is 0.139. The van der Waals surface area contributed by atoms with Crippen LogP contribution in [0.2, 0.25) is 0 Å². The second-order valence-corrected chi connectivity index (χ2v) is 4.00. The van der Waals surface area contributed by atoms with E-state index in [-0.39, 0.29) is 19.1 Å². The van der Waals surface area contributed by atoms with Gasteiger partial charge in [-0.05, 0) is 25.1 Å². The maximum Gasteiger partial charge on any atom is 0.258 e. The van der Waals surface area contributed by atoms with Gasteiger partial charge in [-0.1, -0.05) is 0 Å². The lowest BCUT2D eigenvalue weighted by Gasteiger charge is -2.12. The van der Waals surface area contributed by atoms with Crippen LogP contribution >= 0.6 is 0 Å². The second-order valence-electron chi connectivity index (χ2n) is 4.00. The lowest BCUT2D eigenvalue weighted by molar-refractivity contribution is -0.127. The van der Waals surface area contributed by atoms with Gasteiger partial charge in [-0.2, -0.15) is 0 Å². The summed E-state index contributed by atoms with van der Waals surface area (Å²) in [7, 11) is 1.48. The van der Waals surface area contributed by atoms with E-state index in [2.05, 4.69) is 10.6 Å². The molecule has 0 aliphatic carbocycles. The van der Waals surface area contributed by atoms with Crippen molar-refractivity contribution in [3.63, 3.8) is 0 Å². The number of ether oxygens (including phenoxy) is 2. The topological polar surface area (TPSA) is 93.7 Å². The molecule has 7 nitrogen and oxygen atoms in total. The maximum absolute atomic E-state index is 11.5. The quantitative estimate of drug-likeness (QED) is 0.665. The molecule has 21 heavy (non-hydrogen) atoms. The summed E-state index contributed by atoms with van der Waals surface area (Å²) in [4.78, 5) is 33.2. The molecule has 0 saturated carbocycles. The van der Waals surface area contributed by atoms with Crippen molar-refractivity contribution in [1.29, 1.82) is 0 Å². The van der Waals surface area contributed by atoms with E-state index in [4.69, 9.17) is 9.47 Å². The van der Waals surface area contributed by atoms with Gasteiger partial charge >= 0.3 is 0 Å². The van der Waals surface area contributed by atoms with E-state index in [1.165, 1.54) is 13.1 Å². The van der Waals surface area contributed by atoms with Gasteiger partial charge in [0, 0.05) is 12.6 Å². The zero-order valence-electron chi connectivity index (χ0n) is 12.0. The van der Waals surface area contributed by atoms with Gasteiger partial charge in [0.1, 0.15) is 6.29 Å². The van der Waals surface area contributed by atoms with Crippen molar-refractivity contribution < 1.29 is 23.9 Å². The first-order valence-electron chi connectivity index (χ1n) is 6.42. The molecule has 1 aromatic carbocycles. The van der Waals surface area contributed by atoms with Crippen LogP contribution < -0.4 is 20.1 Å². The monoisotopic (exact) mass is 294 g/mol. The van der Waals surface area contributed by atoms with Gasteiger partial charge in [-0.15, -0.1) is 0 Å². The minimum atomic E-state index is -0.430. The molecule has 2 N–H and O–H groups in total. The number of likely N-dealkylation sites (N-methyl/N-ethyl adjacent to an activating group) is 1. The van der Waals surface area contributed by atoms with E-state index >= 15 is 0 Å². The molecule has 0 spiro atoms. The molecular weight excluding hydrogens is 276 g/mol. The van der Waals surface area contributed by atoms with Crippen molar-refractivity contribution in [2.24, 2.45) is 0 Å². The fourth-order valence-electron chi connectivity index (χ4n) is 1.45. The number of aldehydes is 1. The van der Waals surface area contributed by atoms with E-state index in [0.29, 0.717) is 30.0 Å². The maximum atomic E-state index is 11.5. The van der Waals surface area contributed by atoms with Gasteiger partial charge in [-0.25, -0.2) is 0 Å². The second kappa shape index (κ2) is 8.57. The molecule has 0 fully saturated rings. The number of amides is 2. The molecule has 0 saturated heterocycles. The highest BCUT2D eigenvalue weighted by molar-refractivity contribution is 5.85. The Bertz CT molecular complexity index is 516. The molecular formula is C14H18N2O5. The minimum absolute atomic E-state index is 0.110. The summed E-state index contributed by atoms with van der Waals surface area (Å²) in [5.41, 5.74) is 0.454. The van der Waals surface area contributed by atoms with E-state index in [1.807, 2.05) is 0 Å². The van der Waals surface area contributed by atoms with Crippen LogP contribution in [0.1, 0.15) is 17.3 Å². The summed E-state index contributed by atoms with van der Waals surface area (Å²) < 4.78 is 10.7. The third-order valence-corrected chi connectivity index (χ3v) is 2.49. The zero-order valence-corrected chi connectivity index (χ0v) is 12.0. The van der Waals surface area contributed by atoms with Crippen LogP contribution in [0.5, 0.6) is 11.5 Å². The zero-order chi connectivity index (χ0) is 15.7. The Balaban J connectivity index is 2.59. The number of benzene rings is 1. The smallest absolute Gasteiger partial charge is 0.258 e. The fourth-order valence-corrected chi connectivity index (χ4v) is 1.45. The summed E-state index contributed by atoms with van der Waals surface area (Å²) in [6.07, 6.45) is 0.697. The Morgan fingerprint density at radius 1 is 1.19 bits per heavy atom. The molecule has 0 unspecified atom stereocenters. The van der Waals surface area contributed by atoms with Crippen molar-refractivity contribution >= 4 is 18.1 Å². The molecule has 0 atom stereocenters. The van der Waals surface area contributed by atoms with Gasteiger partial charge in [0.15, 0.2) is 18.1 Å². The summed E-state index contributed by atoms with van der Waals surface area (Å²) in [5, 5.41) is 4.79. The van der Waals surface area contributed by atoms with Crippen molar-refractivity contribution in [2.45, 2.75) is 6.92 Å². The SMILES string of the molecule is CCOc1cc(C=O)ccc1OCC(=O)NCC(=O)NC. The Morgan fingerprint density at radius 2 is 1.95 bits per heavy atom. The summed E-state index contributed by atoms with van der Waals surface area (Å²) in [6, 6.07) is 4.66. The Morgan fingerprint density at radius 3 is 2.57 bits per heavy atom. The van der Waals surface area contributed by atoms with Crippen LogP contribution in [0, 0.1) is 0 Å². The summed E-state index contributed by atoms with van der Waals surface area (Å²) in [6.45, 7) is 1.84. The van der Waals surface area contributed by atoms with E-state index < -0.39 is 5.91 Å². The molecule has 1 aromatic rings. The van der Waals surface area contributed by atoms with Crippen molar-refractivity contribution in [1.82, 2.24) is 10.6 Å². The number of hydrogen-bond acceptors (Lipinski definition) is 5. The Kier molecular flexibility index (Phi) is 6.73. The summed E-state index contributed by atoms with van der Waals surface area (Å²) >= 11 is 0. The lowest BCUT2D eigenvalue weighted by atomic mass is 10.2. The van der Waals surface area contributed by atoms with E-state index in [9.17, 15) is 14.4 Å². The molecule has 1 rings (SSSR count). The highest BCUT2D eigenvalue weighted by atomic mass is 16.5. The Labute approximate surface area is 122 Å². The molecule has 114 valence electrons. The van der Waals surface area contributed by atoms with Gasteiger partial charge in [0.05, 0.1) is 13.2 Å². The molecule has 2 amide bonds. The van der Waals surface area contributed by atoms with Crippen LogP contribution in [0.15, 0.2) is 18.2 Å². The molecule has 0 bridgehead atoms. The van der Waals surface area contributed by atoms with Crippen LogP contribution in [-0.2, 0) is 9.59 Å². The molecule has 0 aliphatic heterocycles.